The summed E-state index contributed by atoms with van der Waals surface area (Å²) in [5.41, 5.74) is 3.33. The maximum atomic E-state index is 13.6. The first kappa shape index (κ1) is 24.5. The normalized spacial score (nSPS) is 10.9. The predicted molar refractivity (Wildman–Crippen MR) is 137 cm³/mol. The van der Waals surface area contributed by atoms with E-state index in [4.69, 9.17) is 4.74 Å². The molecule has 0 fully saturated rings. The number of ether oxygens (including phenoxy) is 1. The van der Waals surface area contributed by atoms with Crippen molar-refractivity contribution < 1.29 is 13.9 Å². The van der Waals surface area contributed by atoms with Crippen LogP contribution in [0.1, 0.15) is 29.3 Å². The van der Waals surface area contributed by atoms with Crippen molar-refractivity contribution in [1.29, 1.82) is 0 Å². The van der Waals surface area contributed by atoms with Crippen molar-refractivity contribution in [2.24, 2.45) is 0 Å². The summed E-state index contributed by atoms with van der Waals surface area (Å²) in [4.78, 5) is 14.2. The molecule has 35 heavy (non-hydrogen) atoms. The second-order valence-corrected chi connectivity index (χ2v) is 9.00. The van der Waals surface area contributed by atoms with Crippen LogP contribution in [0.2, 0.25) is 0 Å². The number of halogens is 1. The van der Waals surface area contributed by atoms with Gasteiger partial charge in [-0.3, -0.25) is 9.36 Å². The number of carbonyl (C=O) groups excluding carboxylic acids is 1. The number of benzene rings is 3. The third-order valence-electron chi connectivity index (χ3n) is 5.52. The Morgan fingerprint density at radius 1 is 1.06 bits per heavy atom. The number of carbonyl (C=O) groups is 1. The van der Waals surface area contributed by atoms with Crippen LogP contribution >= 0.6 is 11.8 Å². The Morgan fingerprint density at radius 3 is 2.49 bits per heavy atom. The average Bonchev–Trinajstić information content (AvgIpc) is 3.32. The largest absolute Gasteiger partial charge is 0.497 e. The Balaban J connectivity index is 1.60. The van der Waals surface area contributed by atoms with Crippen LogP contribution in [0.3, 0.4) is 0 Å². The molecule has 0 radical (unpaired) electrons. The van der Waals surface area contributed by atoms with E-state index in [0.29, 0.717) is 28.0 Å². The molecule has 1 amide bonds. The highest BCUT2D eigenvalue weighted by molar-refractivity contribution is 7.98. The van der Waals surface area contributed by atoms with E-state index in [0.717, 1.165) is 29.8 Å². The summed E-state index contributed by atoms with van der Waals surface area (Å²) in [6.45, 7) is 2.78. The minimum Gasteiger partial charge on any atom is -0.497 e. The van der Waals surface area contributed by atoms with Gasteiger partial charge in [-0.25, -0.2) is 4.39 Å². The first-order valence-electron chi connectivity index (χ1n) is 11.3. The van der Waals surface area contributed by atoms with Crippen LogP contribution < -0.4 is 4.74 Å². The van der Waals surface area contributed by atoms with E-state index >= 15 is 0 Å². The zero-order chi connectivity index (χ0) is 24.8. The third kappa shape index (κ3) is 5.71. The molecule has 1 heterocycles. The van der Waals surface area contributed by atoms with Gasteiger partial charge in [-0.2, -0.15) is 0 Å². The fraction of sp³-hybridized carbons (Fsp3) is 0.222. The smallest absolute Gasteiger partial charge is 0.253 e. The Bertz CT molecular complexity index is 1290. The van der Waals surface area contributed by atoms with Crippen LogP contribution in [0.15, 0.2) is 78.0 Å². The number of nitrogens with zero attached hydrogens (tertiary/aromatic N) is 4. The van der Waals surface area contributed by atoms with Crippen molar-refractivity contribution in [1.82, 2.24) is 19.7 Å². The van der Waals surface area contributed by atoms with Gasteiger partial charge in [-0.15, -0.1) is 10.2 Å². The number of thioether (sulfide) groups is 1. The summed E-state index contributed by atoms with van der Waals surface area (Å²) in [6, 6.07) is 21.5. The highest BCUT2D eigenvalue weighted by atomic mass is 32.2. The lowest BCUT2D eigenvalue weighted by molar-refractivity contribution is 0.0795. The van der Waals surface area contributed by atoms with E-state index in [2.05, 4.69) is 17.1 Å². The van der Waals surface area contributed by atoms with E-state index in [1.807, 2.05) is 60.1 Å². The van der Waals surface area contributed by atoms with Crippen LogP contribution in [-0.2, 0) is 5.75 Å². The fourth-order valence-electron chi connectivity index (χ4n) is 3.68. The molecule has 0 aliphatic rings. The Kier molecular flexibility index (Phi) is 7.82. The Morgan fingerprint density at radius 2 is 1.80 bits per heavy atom. The number of methoxy groups -OCH3 is 1. The number of hydrogen-bond donors (Lipinski definition) is 0. The van der Waals surface area contributed by atoms with Crippen molar-refractivity contribution in [2.75, 3.05) is 20.7 Å². The van der Waals surface area contributed by atoms with Gasteiger partial charge in [0.2, 0.25) is 0 Å². The molecule has 0 aliphatic carbocycles. The number of hydrogen-bond acceptors (Lipinski definition) is 5. The number of rotatable bonds is 9. The predicted octanol–water partition coefficient (Wildman–Crippen LogP) is 5.86. The van der Waals surface area contributed by atoms with E-state index in [9.17, 15) is 9.18 Å². The lowest BCUT2D eigenvalue weighted by Gasteiger charge is -2.16. The quantitative estimate of drug-likeness (QED) is 0.275. The van der Waals surface area contributed by atoms with Crippen molar-refractivity contribution in [3.05, 3.63) is 89.7 Å². The maximum absolute atomic E-state index is 13.6. The molecule has 1 aromatic heterocycles. The lowest BCUT2D eigenvalue weighted by atomic mass is 10.1. The van der Waals surface area contributed by atoms with Gasteiger partial charge in [0.25, 0.3) is 5.91 Å². The molecule has 0 saturated heterocycles. The van der Waals surface area contributed by atoms with Crippen LogP contribution in [0.4, 0.5) is 4.39 Å². The Hall–Kier alpha value is -3.65. The first-order valence-corrected chi connectivity index (χ1v) is 12.3. The molecule has 0 saturated carbocycles. The highest BCUT2D eigenvalue weighted by Crippen LogP contribution is 2.31. The van der Waals surface area contributed by atoms with Gasteiger partial charge in [0.1, 0.15) is 11.6 Å². The first-order chi connectivity index (χ1) is 17.0. The second-order valence-electron chi connectivity index (χ2n) is 8.06. The van der Waals surface area contributed by atoms with Crippen molar-refractivity contribution >= 4 is 17.7 Å². The molecule has 4 rings (SSSR count). The number of aromatic nitrogens is 3. The van der Waals surface area contributed by atoms with Crippen molar-refractivity contribution in [3.63, 3.8) is 0 Å². The maximum Gasteiger partial charge on any atom is 0.253 e. The summed E-state index contributed by atoms with van der Waals surface area (Å²) in [5, 5.41) is 9.55. The van der Waals surface area contributed by atoms with Crippen LogP contribution in [0.5, 0.6) is 5.75 Å². The van der Waals surface area contributed by atoms with E-state index < -0.39 is 0 Å². The summed E-state index contributed by atoms with van der Waals surface area (Å²) in [5.74, 6) is 1.70. The summed E-state index contributed by atoms with van der Waals surface area (Å²) in [7, 11) is 3.43. The van der Waals surface area contributed by atoms with Crippen molar-refractivity contribution in [2.45, 2.75) is 24.3 Å². The molecule has 0 spiro atoms. The monoisotopic (exact) mass is 490 g/mol. The molecule has 8 heteroatoms. The van der Waals surface area contributed by atoms with Gasteiger partial charge in [-0.05, 0) is 60.5 Å². The molecular weight excluding hydrogens is 463 g/mol. The van der Waals surface area contributed by atoms with E-state index in [-0.39, 0.29) is 11.7 Å². The molecular formula is C27H27FN4O2S. The second kappa shape index (κ2) is 11.2. The third-order valence-corrected chi connectivity index (χ3v) is 6.52. The summed E-state index contributed by atoms with van der Waals surface area (Å²) < 4.78 is 20.9. The SMILES string of the molecule is CCCN(C)C(=O)c1ccc(CSc2nnc(-c3cccc(OC)c3)n2-c2ccc(F)cc2)cc1. The molecule has 0 N–H and O–H groups in total. The van der Waals surface area contributed by atoms with E-state index in [1.165, 1.54) is 23.9 Å². The lowest BCUT2D eigenvalue weighted by Crippen LogP contribution is -2.27. The molecule has 0 unspecified atom stereocenters. The minimum absolute atomic E-state index is 0.0186. The van der Waals surface area contributed by atoms with E-state index in [1.54, 1.807) is 24.1 Å². The summed E-state index contributed by atoms with van der Waals surface area (Å²) >= 11 is 1.52. The van der Waals surface area contributed by atoms with Crippen LogP contribution in [0.25, 0.3) is 17.1 Å². The van der Waals surface area contributed by atoms with Gasteiger partial charge >= 0.3 is 0 Å². The molecule has 0 atom stereocenters. The zero-order valence-corrected chi connectivity index (χ0v) is 20.8. The van der Waals surface area contributed by atoms with Gasteiger partial charge in [0.15, 0.2) is 11.0 Å². The van der Waals surface area contributed by atoms with Gasteiger partial charge in [-0.1, -0.05) is 43.0 Å². The van der Waals surface area contributed by atoms with Crippen molar-refractivity contribution in [3.8, 4) is 22.8 Å². The molecule has 4 aromatic rings. The molecule has 3 aromatic carbocycles. The topological polar surface area (TPSA) is 60.3 Å². The minimum atomic E-state index is -0.307. The standard InChI is InChI=1S/C27H27FN4O2S/c1-4-16-31(2)26(33)20-10-8-19(9-11-20)18-35-27-30-29-25(21-6-5-7-24(17-21)34-3)32(27)23-14-12-22(28)13-15-23/h5-15,17H,4,16,18H2,1-3H3. The number of amides is 1. The van der Waals surface area contributed by atoms with Gasteiger partial charge in [0.05, 0.1) is 7.11 Å². The Labute approximate surface area is 208 Å². The van der Waals surface area contributed by atoms with Crippen LogP contribution in [-0.4, -0.2) is 46.3 Å². The molecule has 6 nitrogen and oxygen atoms in total. The highest BCUT2D eigenvalue weighted by Gasteiger charge is 2.17. The van der Waals surface area contributed by atoms with Crippen LogP contribution in [0, 0.1) is 5.82 Å². The fourth-order valence-corrected chi connectivity index (χ4v) is 4.59. The average molecular weight is 491 g/mol. The zero-order valence-electron chi connectivity index (χ0n) is 19.9. The molecule has 180 valence electrons. The summed E-state index contributed by atoms with van der Waals surface area (Å²) in [6.07, 6.45) is 0.920. The molecule has 0 bridgehead atoms. The van der Waals surface area contributed by atoms with Gasteiger partial charge in [0, 0.05) is 36.2 Å². The molecule has 0 aliphatic heterocycles. The van der Waals surface area contributed by atoms with Gasteiger partial charge < -0.3 is 9.64 Å².